The minimum atomic E-state index is -0.350. The van der Waals surface area contributed by atoms with Crippen molar-refractivity contribution in [2.24, 2.45) is 5.10 Å². The number of benzene rings is 1. The summed E-state index contributed by atoms with van der Waals surface area (Å²) >= 11 is 1.57. The Labute approximate surface area is 122 Å². The first-order valence-corrected chi connectivity index (χ1v) is 7.23. The fourth-order valence-electron chi connectivity index (χ4n) is 1.65. The molecule has 2 aromatic rings. The number of hydrazone groups is 1. The maximum atomic E-state index is 11.9. The molecule has 1 unspecified atom stereocenters. The number of amides is 1. The van der Waals surface area contributed by atoms with Crippen molar-refractivity contribution < 1.29 is 4.79 Å². The topological polar surface area (TPSA) is 53.5 Å². The van der Waals surface area contributed by atoms with Gasteiger partial charge in [0.15, 0.2) is 0 Å². The van der Waals surface area contributed by atoms with Crippen LogP contribution in [-0.4, -0.2) is 18.2 Å². The molecule has 0 saturated heterocycles. The molecule has 104 valence electrons. The number of carbonyl (C=O) groups excluding carboxylic acids is 1. The second-order valence-electron chi connectivity index (χ2n) is 4.43. The lowest BCUT2D eigenvalue weighted by Crippen LogP contribution is -2.35. The monoisotopic (exact) mass is 287 g/mol. The molecule has 1 amide bonds. The minimum absolute atomic E-state index is 0.166. The van der Waals surface area contributed by atoms with Gasteiger partial charge in [0.25, 0.3) is 5.91 Å². The van der Waals surface area contributed by atoms with Crippen molar-refractivity contribution in [2.45, 2.75) is 19.9 Å². The molecule has 0 radical (unpaired) electrons. The first-order chi connectivity index (χ1) is 9.66. The number of para-hydroxylation sites is 1. The van der Waals surface area contributed by atoms with Gasteiger partial charge in [-0.25, -0.2) is 5.43 Å². The number of nitrogens with one attached hydrogen (secondary N) is 2. The number of aryl methyl sites for hydroxylation is 1. The highest BCUT2D eigenvalue weighted by Gasteiger charge is 2.12. The number of rotatable bonds is 5. The van der Waals surface area contributed by atoms with E-state index in [1.807, 2.05) is 55.6 Å². The van der Waals surface area contributed by atoms with Gasteiger partial charge in [-0.15, -0.1) is 11.3 Å². The summed E-state index contributed by atoms with van der Waals surface area (Å²) in [6.45, 7) is 3.81. The highest BCUT2D eigenvalue weighted by molar-refractivity contribution is 7.11. The van der Waals surface area contributed by atoms with E-state index in [4.69, 9.17) is 0 Å². The number of hydrogen-bond donors (Lipinski definition) is 2. The van der Waals surface area contributed by atoms with Gasteiger partial charge < -0.3 is 5.32 Å². The van der Waals surface area contributed by atoms with Crippen LogP contribution in [0.25, 0.3) is 0 Å². The Morgan fingerprint density at radius 1 is 1.30 bits per heavy atom. The third-order valence-corrected chi connectivity index (χ3v) is 3.63. The second-order valence-corrected chi connectivity index (χ2v) is 5.41. The van der Waals surface area contributed by atoms with Gasteiger partial charge in [-0.3, -0.25) is 4.79 Å². The summed E-state index contributed by atoms with van der Waals surface area (Å²) < 4.78 is 0. The zero-order valence-corrected chi connectivity index (χ0v) is 12.3. The lowest BCUT2D eigenvalue weighted by molar-refractivity contribution is -0.121. The van der Waals surface area contributed by atoms with Gasteiger partial charge in [-0.2, -0.15) is 5.10 Å². The van der Waals surface area contributed by atoms with Crippen LogP contribution >= 0.6 is 11.3 Å². The molecule has 1 aromatic carbocycles. The number of nitrogens with zero attached hydrogens (tertiary/aromatic N) is 1. The molecular formula is C15H17N3OS. The van der Waals surface area contributed by atoms with E-state index in [0.717, 1.165) is 16.1 Å². The summed E-state index contributed by atoms with van der Waals surface area (Å²) in [4.78, 5) is 12.9. The summed E-state index contributed by atoms with van der Waals surface area (Å²) in [5, 5.41) is 9.08. The Hall–Kier alpha value is -2.14. The van der Waals surface area contributed by atoms with Gasteiger partial charge in [0.1, 0.15) is 6.04 Å². The Kier molecular flexibility index (Phi) is 4.90. The highest BCUT2D eigenvalue weighted by atomic mass is 32.1. The van der Waals surface area contributed by atoms with E-state index in [0.29, 0.717) is 0 Å². The summed E-state index contributed by atoms with van der Waals surface area (Å²) in [5.41, 5.74) is 4.60. The number of anilines is 1. The molecule has 0 aliphatic heterocycles. The van der Waals surface area contributed by atoms with E-state index in [1.54, 1.807) is 17.6 Å². The number of thiophene rings is 1. The van der Waals surface area contributed by atoms with Crippen LogP contribution in [0, 0.1) is 6.92 Å². The van der Waals surface area contributed by atoms with E-state index in [1.165, 1.54) is 0 Å². The predicted octanol–water partition coefficient (Wildman–Crippen LogP) is 3.01. The smallest absolute Gasteiger partial charge is 0.262 e. The molecule has 0 bridgehead atoms. The van der Waals surface area contributed by atoms with E-state index < -0.39 is 0 Å². The molecule has 0 spiro atoms. The molecule has 1 aromatic heterocycles. The minimum Gasteiger partial charge on any atom is -0.374 e. The van der Waals surface area contributed by atoms with Crippen LogP contribution in [0.15, 0.2) is 46.9 Å². The van der Waals surface area contributed by atoms with Crippen molar-refractivity contribution in [3.8, 4) is 0 Å². The van der Waals surface area contributed by atoms with Gasteiger partial charge in [0.2, 0.25) is 0 Å². The van der Waals surface area contributed by atoms with Gasteiger partial charge in [-0.05, 0) is 36.9 Å². The summed E-state index contributed by atoms with van der Waals surface area (Å²) in [5.74, 6) is -0.166. The van der Waals surface area contributed by atoms with Crippen molar-refractivity contribution in [1.82, 2.24) is 5.43 Å². The zero-order valence-electron chi connectivity index (χ0n) is 11.5. The largest absolute Gasteiger partial charge is 0.374 e. The van der Waals surface area contributed by atoms with Gasteiger partial charge >= 0.3 is 0 Å². The fraction of sp³-hybridized carbons (Fsp3) is 0.200. The van der Waals surface area contributed by atoms with Crippen molar-refractivity contribution >= 4 is 29.1 Å². The van der Waals surface area contributed by atoms with Crippen molar-refractivity contribution in [2.75, 3.05) is 5.32 Å². The summed E-state index contributed by atoms with van der Waals surface area (Å²) in [6, 6.07) is 11.4. The molecular weight excluding hydrogens is 270 g/mol. The predicted molar refractivity (Wildman–Crippen MR) is 84.3 cm³/mol. The Balaban J connectivity index is 1.88. The average molecular weight is 287 g/mol. The number of hydrogen-bond acceptors (Lipinski definition) is 4. The molecule has 0 saturated carbocycles. The summed E-state index contributed by atoms with van der Waals surface area (Å²) in [6.07, 6.45) is 1.64. The standard InChI is InChI=1S/C15H17N3OS/c1-11-6-3-4-8-14(11)17-12(2)15(19)18-16-10-13-7-5-9-20-13/h3-10,12,17H,1-2H3,(H,18,19). The third-order valence-electron chi connectivity index (χ3n) is 2.82. The molecule has 1 atom stereocenters. The van der Waals surface area contributed by atoms with E-state index in [2.05, 4.69) is 15.8 Å². The van der Waals surface area contributed by atoms with Crippen LogP contribution in [0.5, 0.6) is 0 Å². The van der Waals surface area contributed by atoms with Crippen LogP contribution in [0.3, 0.4) is 0 Å². The van der Waals surface area contributed by atoms with E-state index in [9.17, 15) is 4.79 Å². The fourth-order valence-corrected chi connectivity index (χ4v) is 2.24. The third kappa shape index (κ3) is 3.93. The molecule has 0 aliphatic rings. The molecule has 0 fully saturated rings. The Morgan fingerprint density at radius 3 is 2.80 bits per heavy atom. The van der Waals surface area contributed by atoms with Crippen molar-refractivity contribution in [3.63, 3.8) is 0 Å². The molecule has 2 rings (SSSR count). The maximum absolute atomic E-state index is 11.9. The van der Waals surface area contributed by atoms with Crippen molar-refractivity contribution in [3.05, 3.63) is 52.2 Å². The van der Waals surface area contributed by atoms with Crippen LogP contribution in [0.2, 0.25) is 0 Å². The molecule has 0 aliphatic carbocycles. The Morgan fingerprint density at radius 2 is 2.10 bits per heavy atom. The van der Waals surface area contributed by atoms with Crippen molar-refractivity contribution in [1.29, 1.82) is 0 Å². The van der Waals surface area contributed by atoms with Crippen LogP contribution < -0.4 is 10.7 Å². The van der Waals surface area contributed by atoms with Gasteiger partial charge in [-0.1, -0.05) is 24.3 Å². The van der Waals surface area contributed by atoms with E-state index >= 15 is 0 Å². The lowest BCUT2D eigenvalue weighted by atomic mass is 10.2. The van der Waals surface area contributed by atoms with E-state index in [-0.39, 0.29) is 11.9 Å². The molecule has 5 heteroatoms. The van der Waals surface area contributed by atoms with Crippen LogP contribution in [-0.2, 0) is 4.79 Å². The highest BCUT2D eigenvalue weighted by Crippen LogP contribution is 2.14. The van der Waals surface area contributed by atoms with Crippen LogP contribution in [0.4, 0.5) is 5.69 Å². The summed E-state index contributed by atoms with van der Waals surface area (Å²) in [7, 11) is 0. The maximum Gasteiger partial charge on any atom is 0.262 e. The average Bonchev–Trinajstić information content (AvgIpc) is 2.94. The quantitative estimate of drug-likeness (QED) is 0.656. The SMILES string of the molecule is Cc1ccccc1NC(C)C(=O)NN=Cc1cccs1. The second kappa shape index (κ2) is 6.86. The Bertz CT molecular complexity index is 593. The first kappa shape index (κ1) is 14.3. The number of carbonyl (C=O) groups is 1. The molecule has 20 heavy (non-hydrogen) atoms. The van der Waals surface area contributed by atoms with Gasteiger partial charge in [0.05, 0.1) is 6.21 Å². The zero-order chi connectivity index (χ0) is 14.4. The van der Waals surface area contributed by atoms with Gasteiger partial charge in [0, 0.05) is 10.6 Å². The normalized spacial score (nSPS) is 12.3. The molecule has 4 nitrogen and oxygen atoms in total. The molecule has 2 N–H and O–H groups in total. The molecule has 1 heterocycles. The van der Waals surface area contributed by atoms with Crippen LogP contribution in [0.1, 0.15) is 17.4 Å². The lowest BCUT2D eigenvalue weighted by Gasteiger charge is -2.15. The first-order valence-electron chi connectivity index (χ1n) is 6.35.